The minimum atomic E-state index is -0.0677. The molecule has 0 amide bonds. The first kappa shape index (κ1) is 20.3. The van der Waals surface area contributed by atoms with Crippen LogP contribution in [0.3, 0.4) is 0 Å². The van der Waals surface area contributed by atoms with Crippen LogP contribution < -0.4 is 4.74 Å². The summed E-state index contributed by atoms with van der Waals surface area (Å²) in [5.41, 5.74) is 4.42. The Hall–Kier alpha value is -3.93. The molecule has 6 heteroatoms. The molecule has 0 atom stereocenters. The van der Waals surface area contributed by atoms with Gasteiger partial charge in [-0.1, -0.05) is 18.2 Å². The normalized spacial score (nSPS) is 11.2. The quantitative estimate of drug-likeness (QED) is 0.326. The number of aryl methyl sites for hydroxylation is 2. The molecule has 156 valence electrons. The number of carbonyl (C=O) groups is 1. The minimum Gasteiger partial charge on any atom is -0.486 e. The number of aromatic nitrogens is 4. The Bertz CT molecular complexity index is 1220. The van der Waals surface area contributed by atoms with Crippen molar-refractivity contribution in [2.24, 2.45) is 7.05 Å². The molecule has 0 N–H and O–H groups in total. The SMILES string of the molecule is Cc1nn(-c2ccccc2)c(C)c1/C=C/C(=O)c1ccc(OCc2nccn2C)cc1. The fourth-order valence-electron chi connectivity index (χ4n) is 3.37. The highest BCUT2D eigenvalue weighted by Gasteiger charge is 2.11. The molecule has 0 aliphatic carbocycles. The van der Waals surface area contributed by atoms with Crippen LogP contribution in [0.1, 0.15) is 33.1 Å². The van der Waals surface area contributed by atoms with Gasteiger partial charge < -0.3 is 9.30 Å². The standard InChI is InChI=1S/C25H24N4O2/c1-18-23(19(2)29(27-18)21-7-5-4-6-8-21)13-14-24(30)20-9-11-22(12-10-20)31-17-25-26-15-16-28(25)3/h4-16H,17H2,1-3H3/b14-13+. The van der Waals surface area contributed by atoms with E-state index in [1.54, 1.807) is 36.5 Å². The molecule has 4 rings (SSSR count). The van der Waals surface area contributed by atoms with E-state index < -0.39 is 0 Å². The third kappa shape index (κ3) is 4.48. The Balaban J connectivity index is 1.45. The molecule has 0 radical (unpaired) electrons. The Morgan fingerprint density at radius 1 is 1.06 bits per heavy atom. The molecular weight excluding hydrogens is 388 g/mol. The molecule has 4 aromatic rings. The highest BCUT2D eigenvalue weighted by Crippen LogP contribution is 2.20. The third-order valence-corrected chi connectivity index (χ3v) is 5.18. The number of benzene rings is 2. The van der Waals surface area contributed by atoms with Crippen LogP contribution in [0.5, 0.6) is 5.75 Å². The molecule has 0 bridgehead atoms. The fraction of sp³-hybridized carbons (Fsp3) is 0.160. The zero-order chi connectivity index (χ0) is 21.8. The van der Waals surface area contributed by atoms with Crippen LogP contribution in [0.2, 0.25) is 0 Å². The van der Waals surface area contributed by atoms with E-state index in [0.29, 0.717) is 17.9 Å². The first-order chi connectivity index (χ1) is 15.0. The maximum atomic E-state index is 12.6. The summed E-state index contributed by atoms with van der Waals surface area (Å²) in [5, 5.41) is 4.62. The van der Waals surface area contributed by atoms with Gasteiger partial charge in [0, 0.05) is 36.3 Å². The topological polar surface area (TPSA) is 61.9 Å². The van der Waals surface area contributed by atoms with Crippen molar-refractivity contribution in [2.45, 2.75) is 20.5 Å². The smallest absolute Gasteiger partial charge is 0.185 e. The molecule has 6 nitrogen and oxygen atoms in total. The summed E-state index contributed by atoms with van der Waals surface area (Å²) in [4.78, 5) is 16.9. The lowest BCUT2D eigenvalue weighted by Crippen LogP contribution is -2.03. The van der Waals surface area contributed by atoms with Crippen molar-refractivity contribution >= 4 is 11.9 Å². The van der Waals surface area contributed by atoms with Crippen LogP contribution in [0.15, 0.2) is 73.1 Å². The van der Waals surface area contributed by atoms with Gasteiger partial charge in [-0.2, -0.15) is 5.10 Å². The molecule has 2 heterocycles. The molecule has 0 aliphatic rings. The lowest BCUT2D eigenvalue weighted by atomic mass is 10.1. The van der Waals surface area contributed by atoms with E-state index in [2.05, 4.69) is 10.1 Å². The first-order valence-corrected chi connectivity index (χ1v) is 10.1. The molecule has 0 unspecified atom stereocenters. The molecule has 31 heavy (non-hydrogen) atoms. The average molecular weight is 412 g/mol. The van der Waals surface area contributed by atoms with Gasteiger partial charge in [-0.05, 0) is 62.4 Å². The van der Waals surface area contributed by atoms with E-state index in [4.69, 9.17) is 4.74 Å². The monoisotopic (exact) mass is 412 g/mol. The van der Waals surface area contributed by atoms with Crippen LogP contribution in [0, 0.1) is 13.8 Å². The summed E-state index contributed by atoms with van der Waals surface area (Å²) < 4.78 is 9.55. The Labute approximate surface area is 181 Å². The molecule has 0 spiro atoms. The molecule has 0 aliphatic heterocycles. The molecule has 0 saturated heterocycles. The van der Waals surface area contributed by atoms with E-state index in [1.165, 1.54) is 0 Å². The van der Waals surface area contributed by atoms with Crippen LogP contribution >= 0.6 is 0 Å². The van der Waals surface area contributed by atoms with Gasteiger partial charge in [0.05, 0.1) is 11.4 Å². The number of carbonyl (C=O) groups excluding carboxylic acids is 1. The lowest BCUT2D eigenvalue weighted by Gasteiger charge is -2.06. The fourth-order valence-corrected chi connectivity index (χ4v) is 3.37. The second-order valence-electron chi connectivity index (χ2n) is 7.30. The summed E-state index contributed by atoms with van der Waals surface area (Å²) in [6.45, 7) is 4.33. The summed E-state index contributed by atoms with van der Waals surface area (Å²) in [6, 6.07) is 17.1. The third-order valence-electron chi connectivity index (χ3n) is 5.18. The van der Waals surface area contributed by atoms with Gasteiger partial charge in [-0.15, -0.1) is 0 Å². The maximum Gasteiger partial charge on any atom is 0.185 e. The minimum absolute atomic E-state index is 0.0677. The van der Waals surface area contributed by atoms with Crippen molar-refractivity contribution in [3.05, 3.63) is 101 Å². The van der Waals surface area contributed by atoms with Crippen molar-refractivity contribution in [1.82, 2.24) is 19.3 Å². The number of ether oxygens (including phenoxy) is 1. The maximum absolute atomic E-state index is 12.6. The summed E-state index contributed by atoms with van der Waals surface area (Å²) in [6.07, 6.45) is 7.04. The van der Waals surface area contributed by atoms with E-state index in [9.17, 15) is 4.79 Å². The van der Waals surface area contributed by atoms with Gasteiger partial charge in [0.2, 0.25) is 0 Å². The molecule has 2 aromatic heterocycles. The van der Waals surface area contributed by atoms with Crippen LogP contribution in [0.25, 0.3) is 11.8 Å². The van der Waals surface area contributed by atoms with E-state index in [-0.39, 0.29) is 5.78 Å². The number of hydrogen-bond acceptors (Lipinski definition) is 4. The first-order valence-electron chi connectivity index (χ1n) is 10.1. The van der Waals surface area contributed by atoms with Gasteiger partial charge in [0.15, 0.2) is 5.78 Å². The highest BCUT2D eigenvalue weighted by molar-refractivity contribution is 6.07. The van der Waals surface area contributed by atoms with Crippen molar-refractivity contribution < 1.29 is 9.53 Å². The number of allylic oxidation sites excluding steroid dienone is 1. The van der Waals surface area contributed by atoms with Crippen molar-refractivity contribution in [1.29, 1.82) is 0 Å². The summed E-state index contributed by atoms with van der Waals surface area (Å²) in [7, 11) is 1.92. The Morgan fingerprint density at radius 2 is 1.81 bits per heavy atom. The zero-order valence-electron chi connectivity index (χ0n) is 17.8. The van der Waals surface area contributed by atoms with Crippen LogP contribution in [0.4, 0.5) is 0 Å². The Morgan fingerprint density at radius 3 is 2.48 bits per heavy atom. The van der Waals surface area contributed by atoms with Gasteiger partial charge in [-0.25, -0.2) is 9.67 Å². The van der Waals surface area contributed by atoms with Gasteiger partial charge >= 0.3 is 0 Å². The van der Waals surface area contributed by atoms with Crippen molar-refractivity contribution in [3.63, 3.8) is 0 Å². The van der Waals surface area contributed by atoms with E-state index in [1.807, 2.05) is 72.7 Å². The molecule has 0 saturated carbocycles. The van der Waals surface area contributed by atoms with Gasteiger partial charge in [-0.3, -0.25) is 4.79 Å². The molecule has 2 aromatic carbocycles. The molecular formula is C25H24N4O2. The second kappa shape index (κ2) is 8.83. The number of hydrogen-bond donors (Lipinski definition) is 0. The van der Waals surface area contributed by atoms with Gasteiger partial charge in [0.25, 0.3) is 0 Å². The molecule has 0 fully saturated rings. The van der Waals surface area contributed by atoms with E-state index in [0.717, 1.165) is 28.5 Å². The zero-order valence-corrected chi connectivity index (χ0v) is 17.8. The number of imidazole rings is 1. The number of para-hydroxylation sites is 1. The summed E-state index contributed by atoms with van der Waals surface area (Å²) >= 11 is 0. The lowest BCUT2D eigenvalue weighted by molar-refractivity contribution is 0.104. The summed E-state index contributed by atoms with van der Waals surface area (Å²) in [5.74, 6) is 1.46. The number of rotatable bonds is 7. The number of nitrogens with zero attached hydrogens (tertiary/aromatic N) is 4. The predicted octanol–water partition coefficient (Wildman–Crippen LogP) is 4.70. The highest BCUT2D eigenvalue weighted by atomic mass is 16.5. The average Bonchev–Trinajstić information content (AvgIpc) is 3.33. The number of ketones is 1. The van der Waals surface area contributed by atoms with Gasteiger partial charge in [0.1, 0.15) is 18.2 Å². The van der Waals surface area contributed by atoms with Crippen LogP contribution in [-0.2, 0) is 13.7 Å². The predicted molar refractivity (Wildman–Crippen MR) is 120 cm³/mol. The largest absolute Gasteiger partial charge is 0.486 e. The van der Waals surface area contributed by atoms with Crippen molar-refractivity contribution in [3.8, 4) is 11.4 Å². The Kier molecular flexibility index (Phi) is 5.80. The van der Waals surface area contributed by atoms with Crippen molar-refractivity contribution in [2.75, 3.05) is 0 Å². The van der Waals surface area contributed by atoms with Crippen LogP contribution in [-0.4, -0.2) is 25.1 Å². The second-order valence-corrected chi connectivity index (χ2v) is 7.30. The van der Waals surface area contributed by atoms with E-state index >= 15 is 0 Å².